The largest absolute Gasteiger partial charge is 0.356 e. The number of benzene rings is 1. The van der Waals surface area contributed by atoms with Gasteiger partial charge in [-0.2, -0.15) is 0 Å². The minimum Gasteiger partial charge on any atom is -0.356 e. The molecule has 3 nitrogen and oxygen atoms in total. The Bertz CT molecular complexity index is 343. The molecule has 1 aromatic carbocycles. The Morgan fingerprint density at radius 1 is 1.21 bits per heavy atom. The molecule has 0 aliphatic heterocycles. The Hall–Kier alpha value is -1.06. The van der Waals surface area contributed by atoms with Gasteiger partial charge in [0.25, 0.3) is 0 Å². The van der Waals surface area contributed by atoms with E-state index in [4.69, 9.17) is 0 Å². The van der Waals surface area contributed by atoms with E-state index in [2.05, 4.69) is 29.7 Å². The van der Waals surface area contributed by atoms with Crippen LogP contribution >= 0.6 is 12.4 Å². The number of carbonyl (C=O) groups is 1. The number of nitrogens with one attached hydrogen (secondary N) is 2. The van der Waals surface area contributed by atoms with Gasteiger partial charge in [0, 0.05) is 13.0 Å². The lowest BCUT2D eigenvalue weighted by Crippen LogP contribution is -2.27. The molecular formula is C15H25ClN2O. The molecule has 0 fully saturated rings. The summed E-state index contributed by atoms with van der Waals surface area (Å²) >= 11 is 0. The van der Waals surface area contributed by atoms with Gasteiger partial charge in [-0.15, -0.1) is 12.4 Å². The van der Waals surface area contributed by atoms with Crippen molar-refractivity contribution in [2.45, 2.75) is 32.1 Å². The molecule has 1 amide bonds. The smallest absolute Gasteiger partial charge is 0.220 e. The lowest BCUT2D eigenvalue weighted by molar-refractivity contribution is -0.121. The number of amides is 1. The summed E-state index contributed by atoms with van der Waals surface area (Å²) in [6.07, 6.45) is 2.55. The molecule has 19 heavy (non-hydrogen) atoms. The van der Waals surface area contributed by atoms with Crippen LogP contribution in [0.4, 0.5) is 0 Å². The standard InChI is InChI=1S/C15H24N2O.ClH/c1-3-13(14-8-5-4-6-9-14)12-15(18)17-11-7-10-16-2;/h4-6,8-9,13,16H,3,7,10-12H2,1-2H3,(H,17,18);1H. The van der Waals surface area contributed by atoms with E-state index in [1.54, 1.807) is 0 Å². The molecule has 0 heterocycles. The molecule has 0 spiro atoms. The van der Waals surface area contributed by atoms with Gasteiger partial charge in [-0.05, 0) is 37.9 Å². The molecule has 0 aliphatic carbocycles. The zero-order chi connectivity index (χ0) is 13.2. The minimum absolute atomic E-state index is 0. The molecular weight excluding hydrogens is 260 g/mol. The van der Waals surface area contributed by atoms with Crippen LogP contribution in [0.3, 0.4) is 0 Å². The second-order valence-electron chi connectivity index (χ2n) is 4.53. The highest BCUT2D eigenvalue weighted by molar-refractivity contribution is 5.85. The first-order chi connectivity index (χ1) is 8.77. The van der Waals surface area contributed by atoms with Gasteiger partial charge in [-0.3, -0.25) is 4.79 Å². The lowest BCUT2D eigenvalue weighted by Gasteiger charge is -2.15. The summed E-state index contributed by atoms with van der Waals surface area (Å²) in [4.78, 5) is 11.8. The molecule has 2 N–H and O–H groups in total. The molecule has 1 unspecified atom stereocenters. The van der Waals surface area contributed by atoms with E-state index in [1.807, 2.05) is 25.2 Å². The van der Waals surface area contributed by atoms with Crippen LogP contribution in [0.5, 0.6) is 0 Å². The first-order valence-corrected chi connectivity index (χ1v) is 6.74. The van der Waals surface area contributed by atoms with Gasteiger partial charge in [-0.1, -0.05) is 37.3 Å². The monoisotopic (exact) mass is 284 g/mol. The normalized spacial score (nSPS) is 11.5. The maximum absolute atomic E-state index is 11.8. The van der Waals surface area contributed by atoms with Crippen molar-refractivity contribution in [2.24, 2.45) is 0 Å². The molecule has 0 saturated carbocycles. The molecule has 0 saturated heterocycles. The van der Waals surface area contributed by atoms with Crippen molar-refractivity contribution >= 4 is 18.3 Å². The highest BCUT2D eigenvalue weighted by Crippen LogP contribution is 2.22. The molecule has 1 atom stereocenters. The number of hydrogen-bond donors (Lipinski definition) is 2. The van der Waals surface area contributed by atoms with Crippen molar-refractivity contribution in [3.63, 3.8) is 0 Å². The van der Waals surface area contributed by atoms with Crippen LogP contribution in [0.25, 0.3) is 0 Å². The minimum atomic E-state index is 0. The number of halogens is 1. The van der Waals surface area contributed by atoms with Crippen molar-refractivity contribution in [1.82, 2.24) is 10.6 Å². The average Bonchev–Trinajstić information content (AvgIpc) is 2.42. The fraction of sp³-hybridized carbons (Fsp3) is 0.533. The van der Waals surface area contributed by atoms with E-state index < -0.39 is 0 Å². The van der Waals surface area contributed by atoms with E-state index >= 15 is 0 Å². The first-order valence-electron chi connectivity index (χ1n) is 6.74. The van der Waals surface area contributed by atoms with Crippen molar-refractivity contribution in [3.05, 3.63) is 35.9 Å². The first kappa shape index (κ1) is 17.9. The molecule has 0 radical (unpaired) electrons. The Labute approximate surface area is 122 Å². The predicted octanol–water partition coefficient (Wildman–Crippen LogP) is 2.72. The number of rotatable bonds is 8. The van der Waals surface area contributed by atoms with Crippen molar-refractivity contribution < 1.29 is 4.79 Å². The van der Waals surface area contributed by atoms with E-state index in [9.17, 15) is 4.79 Å². The van der Waals surface area contributed by atoms with Crippen LogP contribution in [0.2, 0.25) is 0 Å². The summed E-state index contributed by atoms with van der Waals surface area (Å²) in [6, 6.07) is 10.3. The van der Waals surface area contributed by atoms with Gasteiger partial charge < -0.3 is 10.6 Å². The quantitative estimate of drug-likeness (QED) is 0.721. The maximum atomic E-state index is 11.8. The molecule has 1 aromatic rings. The van der Waals surface area contributed by atoms with E-state index in [-0.39, 0.29) is 18.3 Å². The van der Waals surface area contributed by atoms with Crippen molar-refractivity contribution in [3.8, 4) is 0 Å². The Balaban J connectivity index is 0.00000324. The summed E-state index contributed by atoms with van der Waals surface area (Å²) in [5, 5.41) is 6.04. The summed E-state index contributed by atoms with van der Waals surface area (Å²) < 4.78 is 0. The second-order valence-corrected chi connectivity index (χ2v) is 4.53. The van der Waals surface area contributed by atoms with Crippen LogP contribution in [-0.4, -0.2) is 26.0 Å². The molecule has 1 rings (SSSR count). The van der Waals surface area contributed by atoms with Crippen LogP contribution in [0.15, 0.2) is 30.3 Å². The average molecular weight is 285 g/mol. The highest BCUT2D eigenvalue weighted by atomic mass is 35.5. The molecule has 108 valence electrons. The summed E-state index contributed by atoms with van der Waals surface area (Å²) in [5.74, 6) is 0.484. The Kier molecular flexibility index (Phi) is 10.2. The zero-order valence-electron chi connectivity index (χ0n) is 11.8. The topological polar surface area (TPSA) is 41.1 Å². The third-order valence-electron chi connectivity index (χ3n) is 3.12. The molecule has 0 bridgehead atoms. The summed E-state index contributed by atoms with van der Waals surface area (Å²) in [7, 11) is 1.92. The molecule has 0 aromatic heterocycles. The fourth-order valence-corrected chi connectivity index (χ4v) is 2.01. The predicted molar refractivity (Wildman–Crippen MR) is 82.9 cm³/mol. The van der Waals surface area contributed by atoms with Crippen LogP contribution in [-0.2, 0) is 4.79 Å². The third kappa shape index (κ3) is 7.19. The second kappa shape index (κ2) is 10.8. The van der Waals surface area contributed by atoms with Crippen LogP contribution in [0, 0.1) is 0 Å². The van der Waals surface area contributed by atoms with Gasteiger partial charge in [0.1, 0.15) is 0 Å². The van der Waals surface area contributed by atoms with Crippen molar-refractivity contribution in [1.29, 1.82) is 0 Å². The van der Waals surface area contributed by atoms with Crippen LogP contribution in [0.1, 0.15) is 37.7 Å². The Morgan fingerprint density at radius 3 is 2.47 bits per heavy atom. The molecule has 4 heteroatoms. The van der Waals surface area contributed by atoms with E-state index in [1.165, 1.54) is 5.56 Å². The Morgan fingerprint density at radius 2 is 1.89 bits per heavy atom. The van der Waals surface area contributed by atoms with E-state index in [0.717, 1.165) is 25.9 Å². The number of hydrogen-bond acceptors (Lipinski definition) is 2. The summed E-state index contributed by atoms with van der Waals surface area (Å²) in [5.41, 5.74) is 1.25. The lowest BCUT2D eigenvalue weighted by atomic mass is 9.93. The number of carbonyl (C=O) groups excluding carboxylic acids is 1. The van der Waals surface area contributed by atoms with Crippen molar-refractivity contribution in [2.75, 3.05) is 20.1 Å². The summed E-state index contributed by atoms with van der Waals surface area (Å²) in [6.45, 7) is 3.83. The SMILES string of the molecule is CCC(CC(=O)NCCCNC)c1ccccc1.Cl. The van der Waals surface area contributed by atoms with Gasteiger partial charge in [-0.25, -0.2) is 0 Å². The van der Waals surface area contributed by atoms with Crippen LogP contribution < -0.4 is 10.6 Å². The van der Waals surface area contributed by atoms with Gasteiger partial charge in [0.15, 0.2) is 0 Å². The fourth-order valence-electron chi connectivity index (χ4n) is 2.01. The maximum Gasteiger partial charge on any atom is 0.220 e. The highest BCUT2D eigenvalue weighted by Gasteiger charge is 2.13. The molecule has 0 aliphatic rings. The third-order valence-corrected chi connectivity index (χ3v) is 3.12. The van der Waals surface area contributed by atoms with Gasteiger partial charge >= 0.3 is 0 Å². The zero-order valence-corrected chi connectivity index (χ0v) is 12.6. The van der Waals surface area contributed by atoms with E-state index in [0.29, 0.717) is 12.3 Å². The van der Waals surface area contributed by atoms with Gasteiger partial charge in [0.05, 0.1) is 0 Å². The van der Waals surface area contributed by atoms with Gasteiger partial charge in [0.2, 0.25) is 5.91 Å².